The average Bonchev–Trinajstić information content (AvgIpc) is 2.42. The Morgan fingerprint density at radius 3 is 2.62 bits per heavy atom. The lowest BCUT2D eigenvalue weighted by Crippen LogP contribution is -2.18. The average molecular weight is 242 g/mol. The van der Waals surface area contributed by atoms with Gasteiger partial charge in [0.05, 0.1) is 6.20 Å². The molecule has 16 heavy (non-hydrogen) atoms. The Morgan fingerprint density at radius 2 is 2.19 bits per heavy atom. The highest BCUT2D eigenvalue weighted by Crippen LogP contribution is 2.39. The number of aryl methyl sites for hydroxylation is 1. The Morgan fingerprint density at radius 1 is 1.62 bits per heavy atom. The number of ether oxygens (including phenoxy) is 1. The molecule has 1 unspecified atom stereocenters. The van der Waals surface area contributed by atoms with Gasteiger partial charge in [0.25, 0.3) is 0 Å². The minimum Gasteiger partial charge on any atom is -0.449 e. The van der Waals surface area contributed by atoms with E-state index in [1.807, 2.05) is 0 Å². The van der Waals surface area contributed by atoms with E-state index in [4.69, 9.17) is 5.11 Å². The molecule has 1 N–H and O–H groups in total. The highest BCUT2D eigenvalue weighted by Gasteiger charge is 2.45. The lowest BCUT2D eigenvalue weighted by molar-refractivity contribution is -0.184. The quantitative estimate of drug-likeness (QED) is 0.636. The smallest absolute Gasteiger partial charge is 0.449 e. The van der Waals surface area contributed by atoms with Crippen LogP contribution >= 0.6 is 0 Å². The van der Waals surface area contributed by atoms with E-state index < -0.39 is 29.9 Å². The van der Waals surface area contributed by atoms with Gasteiger partial charge < -0.3 is 9.84 Å². The molecule has 1 heterocycles. The largest absolute Gasteiger partial charge is 0.511 e. The first-order valence-corrected chi connectivity index (χ1v) is 3.87. The summed E-state index contributed by atoms with van der Waals surface area (Å²) < 4.78 is 53.8. The van der Waals surface area contributed by atoms with Crippen molar-refractivity contribution in [3.63, 3.8) is 0 Å². The zero-order valence-electron chi connectivity index (χ0n) is 7.82. The monoisotopic (exact) mass is 242 g/mol. The van der Waals surface area contributed by atoms with Crippen molar-refractivity contribution in [2.24, 2.45) is 7.05 Å². The maximum absolute atomic E-state index is 12.9. The molecule has 0 aliphatic rings. The summed E-state index contributed by atoms with van der Waals surface area (Å²) in [6.45, 7) is 0. The first kappa shape index (κ1) is 12.3. The van der Waals surface area contributed by atoms with Crippen molar-refractivity contribution in [2.75, 3.05) is 0 Å². The first-order valence-electron chi connectivity index (χ1n) is 3.87. The van der Waals surface area contributed by atoms with E-state index in [2.05, 4.69) is 9.84 Å². The molecule has 9 heteroatoms. The first-order chi connectivity index (χ1) is 7.21. The molecule has 0 aromatic carbocycles. The molecule has 0 saturated heterocycles. The van der Waals surface area contributed by atoms with Crippen LogP contribution in [-0.4, -0.2) is 27.2 Å². The molecule has 0 radical (unpaired) electrons. The van der Waals surface area contributed by atoms with Crippen LogP contribution in [0.3, 0.4) is 0 Å². The minimum absolute atomic E-state index is 0.778. The molecule has 0 spiro atoms. The number of hydrogen-bond acceptors (Lipinski definition) is 3. The fraction of sp³-hybridized carbons (Fsp3) is 0.429. The molecule has 0 bridgehead atoms. The zero-order valence-corrected chi connectivity index (χ0v) is 7.82. The molecular weight excluding hydrogens is 236 g/mol. The van der Waals surface area contributed by atoms with E-state index in [0.29, 0.717) is 0 Å². The predicted molar refractivity (Wildman–Crippen MR) is 41.8 cm³/mol. The van der Waals surface area contributed by atoms with Gasteiger partial charge >= 0.3 is 12.3 Å². The van der Waals surface area contributed by atoms with E-state index in [0.717, 1.165) is 10.9 Å². The van der Waals surface area contributed by atoms with Gasteiger partial charge in [-0.2, -0.15) is 18.3 Å². The molecule has 1 aromatic rings. The van der Waals surface area contributed by atoms with Gasteiger partial charge in [0.15, 0.2) is 5.75 Å². The van der Waals surface area contributed by atoms with Gasteiger partial charge in [-0.3, -0.25) is 4.68 Å². The number of rotatable bonds is 2. The van der Waals surface area contributed by atoms with Gasteiger partial charge in [-0.15, -0.1) is 0 Å². The van der Waals surface area contributed by atoms with Crippen molar-refractivity contribution in [2.45, 2.75) is 12.3 Å². The third kappa shape index (κ3) is 2.61. The summed E-state index contributed by atoms with van der Waals surface area (Å²) in [5, 5.41) is 11.4. The van der Waals surface area contributed by atoms with E-state index >= 15 is 0 Å². The number of carboxylic acid groups (broad SMARTS) is 1. The molecule has 0 aliphatic carbocycles. The highest BCUT2D eigenvalue weighted by atomic mass is 19.4. The van der Waals surface area contributed by atoms with Crippen LogP contribution in [0.25, 0.3) is 0 Å². The Labute approximate surface area is 86.2 Å². The van der Waals surface area contributed by atoms with Gasteiger partial charge in [0.2, 0.25) is 6.17 Å². The van der Waals surface area contributed by atoms with Gasteiger partial charge in [0, 0.05) is 7.05 Å². The molecule has 0 fully saturated rings. The summed E-state index contributed by atoms with van der Waals surface area (Å²) in [6, 6.07) is 0. The van der Waals surface area contributed by atoms with E-state index in [-0.39, 0.29) is 0 Å². The molecule has 0 aliphatic heterocycles. The van der Waals surface area contributed by atoms with Crippen LogP contribution in [0.2, 0.25) is 0 Å². The Bertz CT molecular complexity index is 401. The molecule has 1 atom stereocenters. The van der Waals surface area contributed by atoms with E-state index in [1.165, 1.54) is 7.05 Å². The lowest BCUT2D eigenvalue weighted by atomic mass is 10.2. The van der Waals surface area contributed by atoms with Crippen molar-refractivity contribution in [3.8, 4) is 5.75 Å². The topological polar surface area (TPSA) is 64.3 Å². The summed E-state index contributed by atoms with van der Waals surface area (Å²) in [5.41, 5.74) is -1.11. The number of hydrogen-bond donors (Lipinski definition) is 1. The summed E-state index contributed by atoms with van der Waals surface area (Å²) in [7, 11) is 1.21. The normalized spacial score (nSPS) is 13.6. The Balaban J connectivity index is 3.07. The third-order valence-corrected chi connectivity index (χ3v) is 1.55. The number of halogens is 4. The third-order valence-electron chi connectivity index (χ3n) is 1.55. The van der Waals surface area contributed by atoms with Crippen LogP contribution < -0.4 is 4.74 Å². The second-order valence-electron chi connectivity index (χ2n) is 2.82. The fourth-order valence-electron chi connectivity index (χ4n) is 0.987. The van der Waals surface area contributed by atoms with Crippen molar-refractivity contribution < 1.29 is 32.2 Å². The van der Waals surface area contributed by atoms with Gasteiger partial charge in [-0.05, 0) is 0 Å². The van der Waals surface area contributed by atoms with E-state index in [9.17, 15) is 22.4 Å². The van der Waals surface area contributed by atoms with Gasteiger partial charge in [-0.25, -0.2) is 9.18 Å². The molecule has 1 aromatic heterocycles. The number of alkyl halides is 4. The van der Waals surface area contributed by atoms with Crippen molar-refractivity contribution in [3.05, 3.63) is 11.9 Å². The summed E-state index contributed by atoms with van der Waals surface area (Å²) in [6.07, 6.45) is -9.56. The van der Waals surface area contributed by atoms with Gasteiger partial charge in [-0.1, -0.05) is 0 Å². The summed E-state index contributed by atoms with van der Waals surface area (Å²) >= 11 is 0. The molecule has 0 amide bonds. The van der Waals surface area contributed by atoms with Crippen LogP contribution in [0, 0.1) is 0 Å². The highest BCUT2D eigenvalue weighted by molar-refractivity contribution is 5.61. The zero-order chi connectivity index (χ0) is 12.5. The second-order valence-corrected chi connectivity index (χ2v) is 2.82. The lowest BCUT2D eigenvalue weighted by Gasteiger charge is -2.10. The van der Waals surface area contributed by atoms with Crippen LogP contribution in [0.15, 0.2) is 6.20 Å². The van der Waals surface area contributed by atoms with Crippen molar-refractivity contribution in [1.29, 1.82) is 0 Å². The van der Waals surface area contributed by atoms with Crippen molar-refractivity contribution >= 4 is 6.16 Å². The van der Waals surface area contributed by atoms with Crippen LogP contribution in [-0.2, 0) is 7.05 Å². The summed E-state index contributed by atoms with van der Waals surface area (Å²) in [5.74, 6) is -0.778. The molecule has 1 rings (SSSR count). The van der Waals surface area contributed by atoms with Crippen LogP contribution in [0.5, 0.6) is 5.75 Å². The SMILES string of the molecule is Cn1cc(OC(=O)O)c(C(F)C(F)(F)F)n1. The Hall–Kier alpha value is -1.80. The van der Waals surface area contributed by atoms with Crippen LogP contribution in [0.1, 0.15) is 11.9 Å². The number of carbonyl (C=O) groups is 1. The predicted octanol–water partition coefficient (Wildman–Crippen LogP) is 2.05. The molecule has 0 saturated carbocycles. The minimum atomic E-state index is -5.16. The second kappa shape index (κ2) is 3.99. The maximum Gasteiger partial charge on any atom is 0.511 e. The van der Waals surface area contributed by atoms with E-state index in [1.54, 1.807) is 0 Å². The number of aromatic nitrogens is 2. The van der Waals surface area contributed by atoms with Gasteiger partial charge in [0.1, 0.15) is 5.69 Å². The molecule has 90 valence electrons. The Kier molecular flexibility index (Phi) is 3.06. The molecule has 5 nitrogen and oxygen atoms in total. The fourth-order valence-corrected chi connectivity index (χ4v) is 0.987. The van der Waals surface area contributed by atoms with Crippen LogP contribution in [0.4, 0.5) is 22.4 Å². The summed E-state index contributed by atoms with van der Waals surface area (Å²) in [4.78, 5) is 10.1. The van der Waals surface area contributed by atoms with Crippen molar-refractivity contribution in [1.82, 2.24) is 9.78 Å². The maximum atomic E-state index is 12.9. The standard InChI is InChI=1S/C7H6F4N2O3/c1-13-2-3(16-6(14)15)4(12-13)5(8)7(9,10)11/h2,5H,1H3,(H,14,15). The number of nitrogens with zero attached hydrogens (tertiary/aromatic N) is 2. The molecular formula is C7H6F4N2O3.